The van der Waals surface area contributed by atoms with E-state index in [2.05, 4.69) is 20.8 Å². The van der Waals surface area contributed by atoms with Gasteiger partial charge in [-0.25, -0.2) is 0 Å². The molecule has 1 rings (SSSR count). The second kappa shape index (κ2) is 7.29. The SMILES string of the molecule is CC[Si](CC)(CC)O[C@H](CN)c1cccc(Cl)c1. The minimum atomic E-state index is -1.62. The lowest BCUT2D eigenvalue weighted by Gasteiger charge is -2.33. The third kappa shape index (κ3) is 3.82. The quantitative estimate of drug-likeness (QED) is 0.756. The molecule has 0 fully saturated rings. The zero-order chi connectivity index (χ0) is 13.6. The topological polar surface area (TPSA) is 35.2 Å². The highest BCUT2D eigenvalue weighted by Crippen LogP contribution is 2.30. The van der Waals surface area contributed by atoms with E-state index in [-0.39, 0.29) is 6.10 Å². The maximum atomic E-state index is 6.43. The third-order valence-corrected chi connectivity index (χ3v) is 8.65. The fraction of sp³-hybridized carbons (Fsp3) is 0.571. The van der Waals surface area contributed by atoms with Gasteiger partial charge in [0, 0.05) is 11.6 Å². The van der Waals surface area contributed by atoms with E-state index in [1.54, 1.807) is 0 Å². The standard InChI is InChI=1S/C14H24ClNOSi/c1-4-18(5-2,6-3)17-14(11-16)12-8-7-9-13(15)10-12/h7-10,14H,4-6,11,16H2,1-3H3/t14-/m1/s1. The molecule has 0 unspecified atom stereocenters. The van der Waals surface area contributed by atoms with Gasteiger partial charge in [-0.1, -0.05) is 44.5 Å². The third-order valence-electron chi connectivity index (χ3n) is 3.76. The van der Waals surface area contributed by atoms with Gasteiger partial charge in [0.25, 0.3) is 0 Å². The van der Waals surface area contributed by atoms with E-state index in [0.29, 0.717) is 6.54 Å². The molecular weight excluding hydrogens is 262 g/mol. The molecule has 0 saturated heterocycles. The van der Waals surface area contributed by atoms with Gasteiger partial charge in [0.1, 0.15) is 0 Å². The minimum Gasteiger partial charge on any atom is -0.409 e. The first-order valence-corrected chi connectivity index (χ1v) is 9.64. The van der Waals surface area contributed by atoms with Gasteiger partial charge in [-0.05, 0) is 35.8 Å². The lowest BCUT2D eigenvalue weighted by atomic mass is 10.1. The first-order chi connectivity index (χ1) is 8.60. The normalized spacial score (nSPS) is 13.6. The van der Waals surface area contributed by atoms with Crippen LogP contribution in [0.1, 0.15) is 32.4 Å². The van der Waals surface area contributed by atoms with Crippen LogP contribution in [0.5, 0.6) is 0 Å². The molecule has 0 radical (unpaired) electrons. The zero-order valence-corrected chi connectivity index (χ0v) is 13.3. The summed E-state index contributed by atoms with van der Waals surface area (Å²) in [4.78, 5) is 0. The molecule has 1 aromatic rings. The predicted octanol–water partition coefficient (Wildman–Crippen LogP) is 4.36. The molecule has 1 atom stereocenters. The van der Waals surface area contributed by atoms with Crippen LogP contribution in [0.3, 0.4) is 0 Å². The Kier molecular flexibility index (Phi) is 6.36. The van der Waals surface area contributed by atoms with Crippen molar-refractivity contribution in [1.82, 2.24) is 0 Å². The van der Waals surface area contributed by atoms with E-state index in [4.69, 9.17) is 21.8 Å². The molecule has 102 valence electrons. The molecule has 0 spiro atoms. The van der Waals surface area contributed by atoms with Crippen LogP contribution in [-0.2, 0) is 4.43 Å². The molecular formula is C14H24ClNOSi. The van der Waals surface area contributed by atoms with Crippen molar-refractivity contribution in [3.05, 3.63) is 34.9 Å². The van der Waals surface area contributed by atoms with Crippen molar-refractivity contribution in [3.8, 4) is 0 Å². The van der Waals surface area contributed by atoms with Gasteiger partial charge >= 0.3 is 0 Å². The molecule has 2 nitrogen and oxygen atoms in total. The number of benzene rings is 1. The summed E-state index contributed by atoms with van der Waals surface area (Å²) in [5.74, 6) is 0. The molecule has 4 heteroatoms. The van der Waals surface area contributed by atoms with E-state index in [0.717, 1.165) is 28.7 Å². The van der Waals surface area contributed by atoms with Gasteiger partial charge < -0.3 is 10.2 Å². The molecule has 0 saturated carbocycles. The Hall–Kier alpha value is -0.353. The fourth-order valence-electron chi connectivity index (χ4n) is 2.26. The summed E-state index contributed by atoms with van der Waals surface area (Å²) in [6, 6.07) is 11.2. The van der Waals surface area contributed by atoms with Gasteiger partial charge in [-0.2, -0.15) is 0 Å². The fourth-order valence-corrected chi connectivity index (χ4v) is 5.30. The van der Waals surface area contributed by atoms with Crippen LogP contribution in [0.4, 0.5) is 0 Å². The van der Waals surface area contributed by atoms with Crippen LogP contribution in [0.2, 0.25) is 23.2 Å². The van der Waals surface area contributed by atoms with Crippen molar-refractivity contribution >= 4 is 19.9 Å². The summed E-state index contributed by atoms with van der Waals surface area (Å²) in [6.07, 6.45) is -0.0183. The summed E-state index contributed by atoms with van der Waals surface area (Å²) in [6.45, 7) is 7.19. The number of rotatable bonds is 7. The molecule has 0 amide bonds. The number of hydrogen-bond acceptors (Lipinski definition) is 2. The maximum absolute atomic E-state index is 6.43. The Labute approximate surface area is 117 Å². The zero-order valence-electron chi connectivity index (χ0n) is 11.6. The van der Waals surface area contributed by atoms with Crippen molar-refractivity contribution in [2.75, 3.05) is 6.54 Å². The molecule has 1 aromatic carbocycles. The lowest BCUT2D eigenvalue weighted by molar-refractivity contribution is 0.198. The summed E-state index contributed by atoms with van der Waals surface area (Å²) < 4.78 is 6.43. The molecule has 18 heavy (non-hydrogen) atoms. The van der Waals surface area contributed by atoms with E-state index in [9.17, 15) is 0 Å². The first kappa shape index (κ1) is 15.7. The molecule has 0 aliphatic carbocycles. The Bertz CT molecular complexity index is 360. The summed E-state index contributed by atoms with van der Waals surface area (Å²) in [5, 5.41) is 0.742. The molecule has 0 heterocycles. The van der Waals surface area contributed by atoms with E-state index in [1.165, 1.54) is 0 Å². The van der Waals surface area contributed by atoms with Crippen LogP contribution in [0.15, 0.2) is 24.3 Å². The lowest BCUT2D eigenvalue weighted by Crippen LogP contribution is -2.39. The summed E-state index contributed by atoms with van der Waals surface area (Å²) >= 11 is 6.03. The van der Waals surface area contributed by atoms with E-state index >= 15 is 0 Å². The Morgan fingerprint density at radius 1 is 1.22 bits per heavy atom. The second-order valence-corrected chi connectivity index (χ2v) is 9.80. The van der Waals surface area contributed by atoms with Crippen molar-refractivity contribution in [1.29, 1.82) is 0 Å². The van der Waals surface area contributed by atoms with E-state index in [1.807, 2.05) is 24.3 Å². The monoisotopic (exact) mass is 285 g/mol. The van der Waals surface area contributed by atoms with Gasteiger partial charge in [0.05, 0.1) is 6.10 Å². The smallest absolute Gasteiger partial charge is 0.192 e. The average molecular weight is 286 g/mol. The Balaban J connectivity index is 2.90. The van der Waals surface area contributed by atoms with Gasteiger partial charge in [-0.3, -0.25) is 0 Å². The van der Waals surface area contributed by atoms with Crippen LogP contribution in [-0.4, -0.2) is 14.9 Å². The number of nitrogens with two attached hydrogens (primary N) is 1. The van der Waals surface area contributed by atoms with Gasteiger partial charge in [-0.15, -0.1) is 0 Å². The highest BCUT2D eigenvalue weighted by Gasteiger charge is 2.32. The predicted molar refractivity (Wildman–Crippen MR) is 81.5 cm³/mol. The average Bonchev–Trinajstić information content (AvgIpc) is 2.41. The highest BCUT2D eigenvalue weighted by molar-refractivity contribution is 6.73. The van der Waals surface area contributed by atoms with Crippen LogP contribution in [0, 0.1) is 0 Å². The maximum Gasteiger partial charge on any atom is 0.192 e. The molecule has 0 aromatic heterocycles. The number of hydrogen-bond donors (Lipinski definition) is 1. The van der Waals surface area contributed by atoms with E-state index < -0.39 is 8.32 Å². The van der Waals surface area contributed by atoms with Crippen molar-refractivity contribution < 1.29 is 4.43 Å². The Morgan fingerprint density at radius 2 is 1.83 bits per heavy atom. The van der Waals surface area contributed by atoms with Crippen molar-refractivity contribution in [2.24, 2.45) is 5.73 Å². The molecule has 0 aliphatic rings. The number of halogens is 1. The largest absolute Gasteiger partial charge is 0.409 e. The Morgan fingerprint density at radius 3 is 2.28 bits per heavy atom. The summed E-state index contributed by atoms with van der Waals surface area (Å²) in [5.41, 5.74) is 6.97. The first-order valence-electron chi connectivity index (χ1n) is 6.74. The van der Waals surface area contributed by atoms with Crippen LogP contribution < -0.4 is 5.73 Å². The van der Waals surface area contributed by atoms with Crippen LogP contribution >= 0.6 is 11.6 Å². The minimum absolute atomic E-state index is 0.0183. The van der Waals surface area contributed by atoms with Crippen molar-refractivity contribution in [3.63, 3.8) is 0 Å². The second-order valence-electron chi connectivity index (χ2n) is 4.64. The summed E-state index contributed by atoms with van der Waals surface area (Å²) in [7, 11) is -1.62. The van der Waals surface area contributed by atoms with Gasteiger partial charge in [0.2, 0.25) is 0 Å². The van der Waals surface area contributed by atoms with Gasteiger partial charge in [0.15, 0.2) is 8.32 Å². The molecule has 2 N–H and O–H groups in total. The van der Waals surface area contributed by atoms with Crippen LogP contribution in [0.25, 0.3) is 0 Å². The van der Waals surface area contributed by atoms with Crippen molar-refractivity contribution in [2.45, 2.75) is 45.0 Å². The molecule has 0 aliphatic heterocycles. The highest BCUT2D eigenvalue weighted by atomic mass is 35.5. The molecule has 0 bridgehead atoms.